The minimum atomic E-state index is 0.783. The van der Waals surface area contributed by atoms with Crippen molar-refractivity contribution in [2.24, 2.45) is 0 Å². The first-order valence-electron chi connectivity index (χ1n) is 6.33. The van der Waals surface area contributed by atoms with Crippen molar-refractivity contribution in [2.75, 3.05) is 7.11 Å². The van der Waals surface area contributed by atoms with Crippen LogP contribution in [0.2, 0.25) is 0 Å². The van der Waals surface area contributed by atoms with Crippen LogP contribution >= 0.6 is 0 Å². The lowest BCUT2D eigenvalue weighted by atomic mass is 10.0. The highest BCUT2D eigenvalue weighted by atomic mass is 16.5. The summed E-state index contributed by atoms with van der Waals surface area (Å²) in [6.07, 6.45) is 2.65. The van der Waals surface area contributed by atoms with Crippen LogP contribution in [0.15, 0.2) is 60.8 Å². The topological polar surface area (TPSA) is 22.1 Å². The SMILES string of the molecule is COc1ccccc1Cc1nccc2ccccc12. The van der Waals surface area contributed by atoms with Crippen LogP contribution in [0.5, 0.6) is 5.75 Å². The lowest BCUT2D eigenvalue weighted by Crippen LogP contribution is -1.96. The highest BCUT2D eigenvalue weighted by Crippen LogP contribution is 2.24. The molecule has 0 saturated carbocycles. The molecule has 0 aliphatic heterocycles. The highest BCUT2D eigenvalue weighted by molar-refractivity contribution is 5.84. The van der Waals surface area contributed by atoms with E-state index in [1.54, 1.807) is 7.11 Å². The zero-order valence-electron chi connectivity index (χ0n) is 10.8. The van der Waals surface area contributed by atoms with Crippen molar-refractivity contribution in [1.82, 2.24) is 4.98 Å². The molecule has 2 heteroatoms. The lowest BCUT2D eigenvalue weighted by Gasteiger charge is -2.09. The average molecular weight is 249 g/mol. The molecule has 0 radical (unpaired) electrons. The Morgan fingerprint density at radius 2 is 1.74 bits per heavy atom. The zero-order valence-corrected chi connectivity index (χ0v) is 10.8. The van der Waals surface area contributed by atoms with Gasteiger partial charge in [0.15, 0.2) is 0 Å². The van der Waals surface area contributed by atoms with Crippen molar-refractivity contribution >= 4 is 10.8 Å². The molecule has 0 bridgehead atoms. The number of fused-ring (bicyclic) bond motifs is 1. The van der Waals surface area contributed by atoms with Crippen LogP contribution in [-0.2, 0) is 6.42 Å². The van der Waals surface area contributed by atoms with Gasteiger partial charge in [-0.1, -0.05) is 42.5 Å². The second-order valence-electron chi connectivity index (χ2n) is 4.47. The lowest BCUT2D eigenvalue weighted by molar-refractivity contribution is 0.410. The van der Waals surface area contributed by atoms with Gasteiger partial charge in [-0.3, -0.25) is 4.98 Å². The summed E-state index contributed by atoms with van der Waals surface area (Å²) in [5.74, 6) is 0.914. The molecular weight excluding hydrogens is 234 g/mol. The van der Waals surface area contributed by atoms with Gasteiger partial charge in [0.1, 0.15) is 5.75 Å². The van der Waals surface area contributed by atoms with E-state index >= 15 is 0 Å². The van der Waals surface area contributed by atoms with Crippen molar-refractivity contribution < 1.29 is 4.74 Å². The fourth-order valence-corrected chi connectivity index (χ4v) is 2.35. The number of methoxy groups -OCH3 is 1. The molecule has 3 rings (SSSR count). The van der Waals surface area contributed by atoms with E-state index in [9.17, 15) is 0 Å². The van der Waals surface area contributed by atoms with Gasteiger partial charge in [-0.05, 0) is 17.5 Å². The summed E-state index contributed by atoms with van der Waals surface area (Å²) in [6.45, 7) is 0. The minimum absolute atomic E-state index is 0.783. The van der Waals surface area contributed by atoms with Crippen molar-refractivity contribution in [2.45, 2.75) is 6.42 Å². The second kappa shape index (κ2) is 5.11. The molecule has 1 heterocycles. The predicted octanol–water partition coefficient (Wildman–Crippen LogP) is 3.83. The van der Waals surface area contributed by atoms with Gasteiger partial charge in [-0.2, -0.15) is 0 Å². The van der Waals surface area contributed by atoms with E-state index in [0.29, 0.717) is 0 Å². The summed E-state index contributed by atoms with van der Waals surface area (Å²) >= 11 is 0. The number of rotatable bonds is 3. The molecule has 0 aliphatic rings. The van der Waals surface area contributed by atoms with Gasteiger partial charge in [0.05, 0.1) is 12.8 Å². The van der Waals surface area contributed by atoms with E-state index in [-0.39, 0.29) is 0 Å². The fourth-order valence-electron chi connectivity index (χ4n) is 2.35. The number of pyridine rings is 1. The summed E-state index contributed by atoms with van der Waals surface area (Å²) in [4.78, 5) is 4.52. The molecule has 0 spiro atoms. The summed E-state index contributed by atoms with van der Waals surface area (Å²) < 4.78 is 5.40. The molecular formula is C17H15NO. The van der Waals surface area contributed by atoms with Crippen LogP contribution in [-0.4, -0.2) is 12.1 Å². The third kappa shape index (κ3) is 2.29. The normalized spacial score (nSPS) is 10.6. The number of benzene rings is 2. The van der Waals surface area contributed by atoms with Crippen molar-refractivity contribution in [3.8, 4) is 5.75 Å². The van der Waals surface area contributed by atoms with Crippen LogP contribution < -0.4 is 4.74 Å². The first-order valence-corrected chi connectivity index (χ1v) is 6.33. The van der Waals surface area contributed by atoms with Gasteiger partial charge in [0.2, 0.25) is 0 Å². The number of para-hydroxylation sites is 1. The zero-order chi connectivity index (χ0) is 13.1. The third-order valence-corrected chi connectivity index (χ3v) is 3.31. The van der Waals surface area contributed by atoms with Crippen LogP contribution in [0.25, 0.3) is 10.8 Å². The van der Waals surface area contributed by atoms with E-state index in [4.69, 9.17) is 4.74 Å². The van der Waals surface area contributed by atoms with Crippen LogP contribution in [0.3, 0.4) is 0 Å². The average Bonchev–Trinajstić information content (AvgIpc) is 2.48. The van der Waals surface area contributed by atoms with E-state index < -0.39 is 0 Å². The molecule has 0 fully saturated rings. The van der Waals surface area contributed by atoms with Gasteiger partial charge in [0, 0.05) is 23.6 Å². The Kier molecular flexibility index (Phi) is 3.15. The quantitative estimate of drug-likeness (QED) is 0.703. The van der Waals surface area contributed by atoms with Gasteiger partial charge >= 0.3 is 0 Å². The Labute approximate surface area is 112 Å². The summed E-state index contributed by atoms with van der Waals surface area (Å²) in [6, 6.07) is 18.5. The van der Waals surface area contributed by atoms with Crippen molar-refractivity contribution in [1.29, 1.82) is 0 Å². The highest BCUT2D eigenvalue weighted by Gasteiger charge is 2.07. The van der Waals surface area contributed by atoms with Gasteiger partial charge in [0.25, 0.3) is 0 Å². The third-order valence-electron chi connectivity index (χ3n) is 3.31. The molecule has 94 valence electrons. The first-order chi connectivity index (χ1) is 9.38. The monoisotopic (exact) mass is 249 g/mol. The van der Waals surface area contributed by atoms with E-state index in [1.807, 2.05) is 30.5 Å². The predicted molar refractivity (Wildman–Crippen MR) is 77.5 cm³/mol. The molecule has 0 aliphatic carbocycles. The summed E-state index contributed by atoms with van der Waals surface area (Å²) in [5.41, 5.74) is 2.25. The maximum absolute atomic E-state index is 5.40. The van der Waals surface area contributed by atoms with Crippen LogP contribution in [0.4, 0.5) is 0 Å². The van der Waals surface area contributed by atoms with Gasteiger partial charge in [-0.25, -0.2) is 0 Å². The van der Waals surface area contributed by atoms with Crippen LogP contribution in [0.1, 0.15) is 11.3 Å². The molecule has 0 atom stereocenters. The standard InChI is InChI=1S/C17H15NO/c1-19-17-9-5-3-7-14(17)12-16-15-8-4-2-6-13(15)10-11-18-16/h2-11H,12H2,1H3. The number of aromatic nitrogens is 1. The second-order valence-corrected chi connectivity index (χ2v) is 4.47. The Hall–Kier alpha value is -2.35. The Morgan fingerprint density at radius 1 is 0.947 bits per heavy atom. The Balaban J connectivity index is 2.06. The molecule has 0 saturated heterocycles. The van der Waals surface area contributed by atoms with E-state index in [0.717, 1.165) is 23.4 Å². The molecule has 0 amide bonds. The Morgan fingerprint density at radius 3 is 2.63 bits per heavy atom. The molecule has 0 unspecified atom stereocenters. The van der Waals surface area contributed by atoms with Crippen molar-refractivity contribution in [3.63, 3.8) is 0 Å². The van der Waals surface area contributed by atoms with E-state index in [1.165, 1.54) is 10.8 Å². The molecule has 2 aromatic carbocycles. The van der Waals surface area contributed by atoms with Crippen molar-refractivity contribution in [3.05, 3.63) is 72.1 Å². The Bertz CT molecular complexity index is 701. The number of hydrogen-bond donors (Lipinski definition) is 0. The minimum Gasteiger partial charge on any atom is -0.496 e. The molecule has 1 aromatic heterocycles. The molecule has 3 aromatic rings. The fraction of sp³-hybridized carbons (Fsp3) is 0.118. The number of nitrogens with zero attached hydrogens (tertiary/aromatic N) is 1. The smallest absolute Gasteiger partial charge is 0.122 e. The van der Waals surface area contributed by atoms with Crippen LogP contribution in [0, 0.1) is 0 Å². The maximum atomic E-state index is 5.40. The molecule has 19 heavy (non-hydrogen) atoms. The summed E-state index contributed by atoms with van der Waals surface area (Å²) in [5, 5.41) is 2.43. The van der Waals surface area contributed by atoms with Gasteiger partial charge in [-0.15, -0.1) is 0 Å². The maximum Gasteiger partial charge on any atom is 0.122 e. The number of hydrogen-bond acceptors (Lipinski definition) is 2. The van der Waals surface area contributed by atoms with Gasteiger partial charge < -0.3 is 4.74 Å². The summed E-state index contributed by atoms with van der Waals surface area (Å²) in [7, 11) is 1.70. The largest absolute Gasteiger partial charge is 0.496 e. The number of ether oxygens (including phenoxy) is 1. The molecule has 0 N–H and O–H groups in total. The van der Waals surface area contributed by atoms with E-state index in [2.05, 4.69) is 35.3 Å². The first kappa shape index (κ1) is 11.7. The molecule has 2 nitrogen and oxygen atoms in total.